The van der Waals surface area contributed by atoms with Crippen LogP contribution in [0.5, 0.6) is 0 Å². The Balaban J connectivity index is 2.17. The number of rotatable bonds is 4. The first kappa shape index (κ1) is 16.5. The molecule has 1 fully saturated rings. The summed E-state index contributed by atoms with van der Waals surface area (Å²) in [6.45, 7) is 17.1. The fraction of sp³-hybridized carbons (Fsp3) is 0.684. The van der Waals surface area contributed by atoms with Gasteiger partial charge in [0.2, 0.25) is 0 Å². The van der Waals surface area contributed by atoms with Gasteiger partial charge < -0.3 is 5.32 Å². The summed E-state index contributed by atoms with van der Waals surface area (Å²) in [5, 5.41) is 3.75. The summed E-state index contributed by atoms with van der Waals surface area (Å²) in [4.78, 5) is 2.69. The Morgan fingerprint density at radius 2 is 2.00 bits per heavy atom. The monoisotopic (exact) mass is 288 g/mol. The summed E-state index contributed by atoms with van der Waals surface area (Å²) < 4.78 is 0. The molecule has 2 nitrogen and oxygen atoms in total. The molecule has 1 aliphatic heterocycles. The Labute approximate surface area is 130 Å². The van der Waals surface area contributed by atoms with Crippen LogP contribution in [-0.2, 0) is 6.54 Å². The first-order chi connectivity index (χ1) is 9.85. The van der Waals surface area contributed by atoms with Crippen LogP contribution < -0.4 is 5.32 Å². The van der Waals surface area contributed by atoms with Gasteiger partial charge in [0.05, 0.1) is 0 Å². The largest absolute Gasteiger partial charge is 0.311 e. The molecule has 0 radical (unpaired) electrons. The molecule has 1 aliphatic rings. The summed E-state index contributed by atoms with van der Waals surface area (Å²) in [5.41, 5.74) is 4.50. The van der Waals surface area contributed by atoms with E-state index in [0.29, 0.717) is 12.0 Å². The third kappa shape index (κ3) is 3.67. The topological polar surface area (TPSA) is 15.3 Å². The Kier molecular flexibility index (Phi) is 5.11. The number of hydrogen-bond donors (Lipinski definition) is 1. The van der Waals surface area contributed by atoms with E-state index in [-0.39, 0.29) is 5.54 Å². The highest BCUT2D eigenvalue weighted by Gasteiger charge is 2.36. The molecule has 1 saturated heterocycles. The van der Waals surface area contributed by atoms with E-state index in [2.05, 4.69) is 70.0 Å². The summed E-state index contributed by atoms with van der Waals surface area (Å²) >= 11 is 0. The number of hydrogen-bond acceptors (Lipinski definition) is 2. The first-order valence-electron chi connectivity index (χ1n) is 8.40. The molecule has 0 saturated carbocycles. The zero-order valence-corrected chi connectivity index (χ0v) is 14.7. The van der Waals surface area contributed by atoms with Crippen molar-refractivity contribution >= 4 is 0 Å². The zero-order valence-electron chi connectivity index (χ0n) is 14.7. The number of benzene rings is 1. The summed E-state index contributed by atoms with van der Waals surface area (Å²) in [6.07, 6.45) is 1.19. The average Bonchev–Trinajstić information content (AvgIpc) is 2.45. The highest BCUT2D eigenvalue weighted by atomic mass is 15.3. The van der Waals surface area contributed by atoms with E-state index in [1.165, 1.54) is 23.1 Å². The van der Waals surface area contributed by atoms with Crippen LogP contribution in [0.15, 0.2) is 18.2 Å². The van der Waals surface area contributed by atoms with E-state index in [1.807, 2.05) is 0 Å². The first-order valence-corrected chi connectivity index (χ1v) is 8.40. The Bertz CT molecular complexity index is 480. The molecule has 0 spiro atoms. The lowest BCUT2D eigenvalue weighted by molar-refractivity contribution is 0.0316. The van der Waals surface area contributed by atoms with Crippen LogP contribution in [0, 0.1) is 19.8 Å². The highest BCUT2D eigenvalue weighted by molar-refractivity contribution is 5.30. The maximum atomic E-state index is 3.75. The third-order valence-corrected chi connectivity index (χ3v) is 5.44. The van der Waals surface area contributed by atoms with Gasteiger partial charge in [0.25, 0.3) is 0 Å². The molecule has 118 valence electrons. The van der Waals surface area contributed by atoms with Crippen molar-refractivity contribution in [2.45, 2.75) is 66.1 Å². The van der Waals surface area contributed by atoms with Crippen LogP contribution in [0.1, 0.15) is 50.8 Å². The quantitative estimate of drug-likeness (QED) is 0.904. The van der Waals surface area contributed by atoms with Crippen molar-refractivity contribution in [3.8, 4) is 0 Å². The molecule has 21 heavy (non-hydrogen) atoms. The van der Waals surface area contributed by atoms with Crippen LogP contribution in [0.4, 0.5) is 0 Å². The minimum atomic E-state index is 0.268. The zero-order chi connectivity index (χ0) is 15.6. The molecule has 1 heterocycles. The molecule has 0 amide bonds. The van der Waals surface area contributed by atoms with Gasteiger partial charge in [-0.05, 0) is 49.8 Å². The molecule has 1 N–H and O–H groups in total. The maximum absolute atomic E-state index is 3.75. The number of piperazine rings is 1. The number of nitrogens with one attached hydrogen (secondary N) is 1. The molecule has 1 aromatic carbocycles. The van der Waals surface area contributed by atoms with E-state index < -0.39 is 0 Å². The predicted octanol–water partition coefficient (Wildman–Crippen LogP) is 3.90. The number of aryl methyl sites for hydroxylation is 2. The van der Waals surface area contributed by atoms with Gasteiger partial charge in [-0.2, -0.15) is 0 Å². The lowest BCUT2D eigenvalue weighted by atomic mass is 9.88. The van der Waals surface area contributed by atoms with E-state index in [0.717, 1.165) is 19.6 Å². The van der Waals surface area contributed by atoms with Crippen molar-refractivity contribution in [1.82, 2.24) is 10.2 Å². The van der Waals surface area contributed by atoms with Gasteiger partial charge in [-0.25, -0.2) is 0 Å². The lowest BCUT2D eigenvalue weighted by Gasteiger charge is -2.49. The van der Waals surface area contributed by atoms with Crippen LogP contribution in [-0.4, -0.2) is 29.6 Å². The molecule has 2 atom stereocenters. The van der Waals surface area contributed by atoms with Gasteiger partial charge in [0.15, 0.2) is 0 Å². The molecule has 0 bridgehead atoms. The normalized spacial score (nSPS) is 27.3. The fourth-order valence-electron chi connectivity index (χ4n) is 3.16. The smallest absolute Gasteiger partial charge is 0.0307 e. The van der Waals surface area contributed by atoms with Gasteiger partial charge in [-0.1, -0.05) is 39.0 Å². The summed E-state index contributed by atoms with van der Waals surface area (Å²) in [5.74, 6) is 0.689. The van der Waals surface area contributed by atoms with Gasteiger partial charge >= 0.3 is 0 Å². The van der Waals surface area contributed by atoms with Crippen LogP contribution in [0.25, 0.3) is 0 Å². The second-order valence-corrected chi connectivity index (χ2v) is 7.38. The van der Waals surface area contributed by atoms with Crippen molar-refractivity contribution in [3.05, 3.63) is 34.9 Å². The van der Waals surface area contributed by atoms with Crippen molar-refractivity contribution in [2.75, 3.05) is 13.1 Å². The third-order valence-electron chi connectivity index (χ3n) is 5.44. The SMILES string of the molecule is CCC1(C)CNC(C(C)C)CN1Cc1ccc(C)c(C)c1. The van der Waals surface area contributed by atoms with E-state index in [9.17, 15) is 0 Å². The van der Waals surface area contributed by atoms with Crippen LogP contribution >= 0.6 is 0 Å². The van der Waals surface area contributed by atoms with Crippen molar-refractivity contribution in [3.63, 3.8) is 0 Å². The van der Waals surface area contributed by atoms with Crippen molar-refractivity contribution < 1.29 is 0 Å². The minimum absolute atomic E-state index is 0.268. The molecular formula is C19H32N2. The summed E-state index contributed by atoms with van der Waals surface area (Å²) in [6, 6.07) is 7.52. The fourth-order valence-corrected chi connectivity index (χ4v) is 3.16. The van der Waals surface area contributed by atoms with Crippen LogP contribution in [0.2, 0.25) is 0 Å². The Morgan fingerprint density at radius 1 is 1.29 bits per heavy atom. The Morgan fingerprint density at radius 3 is 2.57 bits per heavy atom. The van der Waals surface area contributed by atoms with Crippen molar-refractivity contribution in [1.29, 1.82) is 0 Å². The lowest BCUT2D eigenvalue weighted by Crippen LogP contribution is -2.63. The predicted molar refractivity (Wildman–Crippen MR) is 91.7 cm³/mol. The molecule has 0 aliphatic carbocycles. The number of nitrogens with zero attached hydrogens (tertiary/aromatic N) is 1. The highest BCUT2D eigenvalue weighted by Crippen LogP contribution is 2.27. The van der Waals surface area contributed by atoms with Gasteiger partial charge in [-0.15, -0.1) is 0 Å². The Hall–Kier alpha value is -0.860. The molecular weight excluding hydrogens is 256 g/mol. The molecule has 0 aromatic heterocycles. The van der Waals surface area contributed by atoms with Crippen molar-refractivity contribution in [2.24, 2.45) is 5.92 Å². The van der Waals surface area contributed by atoms with Gasteiger partial charge in [0.1, 0.15) is 0 Å². The minimum Gasteiger partial charge on any atom is -0.311 e. The summed E-state index contributed by atoms with van der Waals surface area (Å²) in [7, 11) is 0. The standard InChI is InChI=1S/C19H32N2/c1-7-19(6)13-20-18(14(2)3)12-21(19)11-17-9-8-15(4)16(5)10-17/h8-10,14,18,20H,7,11-13H2,1-6H3. The van der Waals surface area contributed by atoms with E-state index in [1.54, 1.807) is 0 Å². The van der Waals surface area contributed by atoms with Gasteiger partial charge in [0, 0.05) is 31.2 Å². The molecule has 1 aromatic rings. The van der Waals surface area contributed by atoms with Gasteiger partial charge in [-0.3, -0.25) is 4.90 Å². The van der Waals surface area contributed by atoms with E-state index >= 15 is 0 Å². The molecule has 2 heteroatoms. The molecule has 2 rings (SSSR count). The average molecular weight is 288 g/mol. The van der Waals surface area contributed by atoms with Crippen LogP contribution in [0.3, 0.4) is 0 Å². The second-order valence-electron chi connectivity index (χ2n) is 7.38. The second kappa shape index (κ2) is 6.50. The maximum Gasteiger partial charge on any atom is 0.0307 e. The molecule has 2 unspecified atom stereocenters. The van der Waals surface area contributed by atoms with E-state index in [4.69, 9.17) is 0 Å².